The quantitative estimate of drug-likeness (QED) is 0.895. The zero-order valence-corrected chi connectivity index (χ0v) is 13.9. The molecule has 1 heterocycles. The van der Waals surface area contributed by atoms with Gasteiger partial charge in [-0.05, 0) is 47.6 Å². The van der Waals surface area contributed by atoms with Crippen LogP contribution in [0.5, 0.6) is 0 Å². The van der Waals surface area contributed by atoms with E-state index in [4.69, 9.17) is 0 Å². The number of rotatable bonds is 3. The number of nitrogens with zero attached hydrogens (tertiary/aromatic N) is 1. The van der Waals surface area contributed by atoms with Crippen molar-refractivity contribution < 1.29 is 14.7 Å². The number of amides is 2. The zero-order valence-electron chi connectivity index (χ0n) is 13.9. The molecule has 3 aliphatic rings. The first-order valence-electron chi connectivity index (χ1n) is 8.88. The molecule has 2 N–H and O–H groups in total. The Morgan fingerprint density at radius 2 is 2.08 bits per heavy atom. The fraction of sp³-hybridized carbons (Fsp3) is 0.579. The Hall–Kier alpha value is -2.04. The number of carbonyl (C=O) groups excluding carboxylic acids is 1. The third kappa shape index (κ3) is 2.66. The summed E-state index contributed by atoms with van der Waals surface area (Å²) in [7, 11) is 0. The number of aliphatic carboxylic acids is 1. The highest BCUT2D eigenvalue weighted by molar-refractivity contribution is 5.76. The van der Waals surface area contributed by atoms with Gasteiger partial charge in [-0.15, -0.1) is 0 Å². The zero-order chi connectivity index (χ0) is 16.8. The fourth-order valence-electron chi connectivity index (χ4n) is 4.78. The predicted molar refractivity (Wildman–Crippen MR) is 89.7 cm³/mol. The smallest absolute Gasteiger partial charge is 0.317 e. The molecule has 128 valence electrons. The average molecular weight is 328 g/mol. The van der Waals surface area contributed by atoms with Crippen LogP contribution >= 0.6 is 0 Å². The Balaban J connectivity index is 1.31. The molecule has 4 rings (SSSR count). The largest absolute Gasteiger partial charge is 0.481 e. The molecular weight excluding hydrogens is 304 g/mol. The number of carbonyl (C=O) groups is 2. The van der Waals surface area contributed by atoms with Gasteiger partial charge in [-0.2, -0.15) is 0 Å². The number of likely N-dealkylation sites (tertiary alicyclic amines) is 1. The standard InChI is InChI=1S/C19H24N2O3/c1-11-6-13(18(22)23)10-21(9-11)19(24)20-8-16-15-7-12-4-2-3-5-14(12)17(15)16/h2-5,11,13,15-17H,6-10H2,1H3,(H,20,24)(H,22,23). The summed E-state index contributed by atoms with van der Waals surface area (Å²) in [6, 6.07) is 8.50. The minimum Gasteiger partial charge on any atom is -0.481 e. The third-order valence-electron chi connectivity index (χ3n) is 5.99. The lowest BCUT2D eigenvalue weighted by Crippen LogP contribution is -2.49. The van der Waals surface area contributed by atoms with E-state index >= 15 is 0 Å². The molecule has 5 atom stereocenters. The molecule has 24 heavy (non-hydrogen) atoms. The van der Waals surface area contributed by atoms with Gasteiger partial charge in [-0.25, -0.2) is 4.79 Å². The Kier molecular flexibility index (Phi) is 3.74. The molecule has 1 aromatic carbocycles. The lowest BCUT2D eigenvalue weighted by atomic mass is 9.91. The van der Waals surface area contributed by atoms with Crippen LogP contribution in [-0.4, -0.2) is 41.6 Å². The first kappa shape index (κ1) is 15.5. The summed E-state index contributed by atoms with van der Waals surface area (Å²) >= 11 is 0. The fourth-order valence-corrected chi connectivity index (χ4v) is 4.78. The van der Waals surface area contributed by atoms with Crippen molar-refractivity contribution in [1.82, 2.24) is 10.2 Å². The van der Waals surface area contributed by atoms with E-state index in [2.05, 4.69) is 29.6 Å². The number of fused-ring (bicyclic) bond motifs is 3. The number of carboxylic acids is 1. The first-order valence-corrected chi connectivity index (χ1v) is 8.88. The summed E-state index contributed by atoms with van der Waals surface area (Å²) in [6.45, 7) is 3.69. The van der Waals surface area contributed by atoms with Crippen LogP contribution in [0.3, 0.4) is 0 Å². The molecule has 0 aromatic heterocycles. The second-order valence-electron chi connectivity index (χ2n) is 7.72. The van der Waals surface area contributed by atoms with Gasteiger partial charge in [0, 0.05) is 19.6 Å². The third-order valence-corrected chi connectivity index (χ3v) is 5.99. The van der Waals surface area contributed by atoms with E-state index in [1.54, 1.807) is 4.90 Å². The highest BCUT2D eigenvalue weighted by Gasteiger charge is 2.55. The maximum Gasteiger partial charge on any atom is 0.317 e. The first-order chi connectivity index (χ1) is 11.5. The van der Waals surface area contributed by atoms with Gasteiger partial charge >= 0.3 is 12.0 Å². The lowest BCUT2D eigenvalue weighted by Gasteiger charge is -2.34. The van der Waals surface area contributed by atoms with Crippen molar-refractivity contribution in [2.45, 2.75) is 25.7 Å². The number of piperidine rings is 1. The normalized spacial score (nSPS) is 33.5. The molecule has 1 saturated heterocycles. The van der Waals surface area contributed by atoms with Gasteiger partial charge in [0.05, 0.1) is 5.92 Å². The molecule has 0 spiro atoms. The Labute approximate surface area is 142 Å². The topological polar surface area (TPSA) is 69.6 Å². The number of hydrogen-bond acceptors (Lipinski definition) is 2. The average Bonchev–Trinajstić information content (AvgIpc) is 3.10. The van der Waals surface area contributed by atoms with Gasteiger partial charge in [0.2, 0.25) is 0 Å². The Morgan fingerprint density at radius 3 is 2.88 bits per heavy atom. The molecule has 1 saturated carbocycles. The predicted octanol–water partition coefficient (Wildman–Crippen LogP) is 2.32. The van der Waals surface area contributed by atoms with E-state index in [0.29, 0.717) is 43.8 Å². The molecule has 5 heteroatoms. The van der Waals surface area contributed by atoms with Crippen molar-refractivity contribution in [3.63, 3.8) is 0 Å². The summed E-state index contributed by atoms with van der Waals surface area (Å²) < 4.78 is 0. The number of hydrogen-bond donors (Lipinski definition) is 2. The highest BCUT2D eigenvalue weighted by atomic mass is 16.4. The minimum absolute atomic E-state index is 0.106. The van der Waals surface area contributed by atoms with Crippen LogP contribution in [0.15, 0.2) is 24.3 Å². The summed E-state index contributed by atoms with van der Waals surface area (Å²) in [5.41, 5.74) is 2.92. The summed E-state index contributed by atoms with van der Waals surface area (Å²) in [5, 5.41) is 12.3. The SMILES string of the molecule is CC1CC(C(=O)O)CN(C(=O)NCC2C3Cc4ccccc4C23)C1. The van der Waals surface area contributed by atoms with E-state index < -0.39 is 11.9 Å². The van der Waals surface area contributed by atoms with Crippen LogP contribution in [0.25, 0.3) is 0 Å². The highest BCUT2D eigenvalue weighted by Crippen LogP contribution is 2.60. The van der Waals surface area contributed by atoms with Crippen molar-refractivity contribution in [2.75, 3.05) is 19.6 Å². The summed E-state index contributed by atoms with van der Waals surface area (Å²) in [6.07, 6.45) is 1.78. The molecule has 1 aromatic rings. The maximum absolute atomic E-state index is 12.4. The molecule has 2 aliphatic carbocycles. The number of carboxylic acid groups (broad SMARTS) is 1. The second-order valence-corrected chi connectivity index (χ2v) is 7.72. The summed E-state index contributed by atoms with van der Waals surface area (Å²) in [4.78, 5) is 25.3. The summed E-state index contributed by atoms with van der Waals surface area (Å²) in [5.74, 6) is 0.821. The lowest BCUT2D eigenvalue weighted by molar-refractivity contribution is -0.143. The molecule has 5 nitrogen and oxygen atoms in total. The number of urea groups is 1. The minimum atomic E-state index is -0.798. The molecular formula is C19H24N2O3. The van der Waals surface area contributed by atoms with Gasteiger partial charge in [-0.1, -0.05) is 31.2 Å². The molecule has 2 fully saturated rings. The van der Waals surface area contributed by atoms with E-state index in [9.17, 15) is 14.7 Å². The van der Waals surface area contributed by atoms with Crippen LogP contribution in [-0.2, 0) is 11.2 Å². The Morgan fingerprint density at radius 1 is 1.29 bits per heavy atom. The monoisotopic (exact) mass is 328 g/mol. The van der Waals surface area contributed by atoms with Gasteiger partial charge in [0.25, 0.3) is 0 Å². The van der Waals surface area contributed by atoms with Crippen LogP contribution in [0, 0.1) is 23.7 Å². The van der Waals surface area contributed by atoms with Gasteiger partial charge in [0.15, 0.2) is 0 Å². The van der Waals surface area contributed by atoms with Gasteiger partial charge in [-0.3, -0.25) is 4.79 Å². The van der Waals surface area contributed by atoms with Crippen molar-refractivity contribution >= 4 is 12.0 Å². The van der Waals surface area contributed by atoms with Crippen molar-refractivity contribution in [1.29, 1.82) is 0 Å². The van der Waals surface area contributed by atoms with Crippen LogP contribution in [0.1, 0.15) is 30.4 Å². The number of nitrogens with one attached hydrogen (secondary N) is 1. The number of benzene rings is 1. The van der Waals surface area contributed by atoms with E-state index in [1.807, 2.05) is 6.92 Å². The molecule has 2 amide bonds. The van der Waals surface area contributed by atoms with Crippen molar-refractivity contribution in [2.24, 2.45) is 23.7 Å². The van der Waals surface area contributed by atoms with E-state index in [-0.39, 0.29) is 11.9 Å². The van der Waals surface area contributed by atoms with Crippen LogP contribution in [0.4, 0.5) is 4.79 Å². The van der Waals surface area contributed by atoms with Gasteiger partial charge < -0.3 is 15.3 Å². The van der Waals surface area contributed by atoms with Crippen LogP contribution < -0.4 is 5.32 Å². The van der Waals surface area contributed by atoms with Gasteiger partial charge in [0.1, 0.15) is 0 Å². The van der Waals surface area contributed by atoms with Crippen LogP contribution in [0.2, 0.25) is 0 Å². The molecule has 0 radical (unpaired) electrons. The van der Waals surface area contributed by atoms with E-state index in [0.717, 1.165) is 6.42 Å². The molecule has 1 aliphatic heterocycles. The molecule has 0 bridgehead atoms. The van der Waals surface area contributed by atoms with Crippen molar-refractivity contribution in [3.05, 3.63) is 35.4 Å². The second kappa shape index (κ2) is 5.80. The Bertz CT molecular complexity index is 674. The van der Waals surface area contributed by atoms with E-state index in [1.165, 1.54) is 11.1 Å². The maximum atomic E-state index is 12.4. The molecule has 5 unspecified atom stereocenters. The van der Waals surface area contributed by atoms with Crippen molar-refractivity contribution in [3.8, 4) is 0 Å².